The van der Waals surface area contributed by atoms with E-state index in [1.54, 1.807) is 24.3 Å². The molecule has 0 saturated carbocycles. The van der Waals surface area contributed by atoms with Gasteiger partial charge in [0, 0.05) is 5.92 Å². The van der Waals surface area contributed by atoms with Gasteiger partial charge >= 0.3 is 6.18 Å². The number of halogens is 3. The lowest BCUT2D eigenvalue weighted by atomic mass is 9.88. The molecule has 28 heavy (non-hydrogen) atoms. The fraction of sp³-hybridized carbons (Fsp3) is 0.579. The molecule has 152 valence electrons. The number of alkyl halides is 3. The highest BCUT2D eigenvalue weighted by Gasteiger charge is 2.44. The number of aromatic nitrogens is 3. The highest BCUT2D eigenvalue weighted by Crippen LogP contribution is 2.44. The third-order valence-corrected chi connectivity index (χ3v) is 5.01. The summed E-state index contributed by atoms with van der Waals surface area (Å²) in [4.78, 5) is 4.38. The summed E-state index contributed by atoms with van der Waals surface area (Å²) >= 11 is 0. The average molecular weight is 397 g/mol. The van der Waals surface area contributed by atoms with Crippen LogP contribution in [0.5, 0.6) is 11.5 Å². The molecule has 0 amide bonds. The zero-order chi connectivity index (χ0) is 19.7. The normalized spacial score (nSPS) is 23.9. The lowest BCUT2D eigenvalue weighted by Crippen LogP contribution is -2.25. The minimum atomic E-state index is -4.37. The van der Waals surface area contributed by atoms with Gasteiger partial charge in [-0.05, 0) is 50.5 Å². The number of hydrogen-bond donors (Lipinski definition) is 0. The zero-order valence-corrected chi connectivity index (χ0v) is 15.5. The van der Waals surface area contributed by atoms with Crippen molar-refractivity contribution in [3.63, 3.8) is 0 Å². The predicted molar refractivity (Wildman–Crippen MR) is 93.3 cm³/mol. The van der Waals surface area contributed by atoms with Gasteiger partial charge in [-0.15, -0.1) is 0 Å². The first-order chi connectivity index (χ1) is 13.4. The second kappa shape index (κ2) is 7.62. The molecule has 3 heterocycles. The molecule has 1 aromatic heterocycles. The van der Waals surface area contributed by atoms with E-state index in [0.717, 1.165) is 23.3 Å². The van der Waals surface area contributed by atoms with Gasteiger partial charge in [-0.2, -0.15) is 18.3 Å². The summed E-state index contributed by atoms with van der Waals surface area (Å²) in [6, 6.07) is 7.02. The number of rotatable bonds is 7. The Labute approximate surface area is 160 Å². The summed E-state index contributed by atoms with van der Waals surface area (Å²) in [6.07, 6.45) is -1.81. The molecule has 2 bridgehead atoms. The van der Waals surface area contributed by atoms with E-state index in [1.807, 2.05) is 6.92 Å². The Kier molecular flexibility index (Phi) is 5.18. The van der Waals surface area contributed by atoms with Crippen molar-refractivity contribution in [3.05, 3.63) is 35.9 Å². The maximum Gasteiger partial charge on any atom is 0.408 e. The molecular formula is C19H22F3N3O3. The minimum absolute atomic E-state index is 0.00644. The van der Waals surface area contributed by atoms with Crippen molar-refractivity contribution in [2.24, 2.45) is 0 Å². The molecule has 6 nitrogen and oxygen atoms in total. The van der Waals surface area contributed by atoms with Gasteiger partial charge in [-0.3, -0.25) is 0 Å². The van der Waals surface area contributed by atoms with Crippen LogP contribution < -0.4 is 9.47 Å². The number of fused-ring (bicyclic) bond motifs is 2. The summed E-state index contributed by atoms with van der Waals surface area (Å²) in [5, 5.41) is 4.07. The Balaban J connectivity index is 1.48. The van der Waals surface area contributed by atoms with E-state index >= 15 is 0 Å². The van der Waals surface area contributed by atoms with E-state index in [-0.39, 0.29) is 30.6 Å². The molecule has 2 aliphatic heterocycles. The van der Waals surface area contributed by atoms with Crippen LogP contribution in [0.3, 0.4) is 0 Å². The van der Waals surface area contributed by atoms with Gasteiger partial charge in [0.1, 0.15) is 30.5 Å². The largest absolute Gasteiger partial charge is 0.494 e. The second-order valence-electron chi connectivity index (χ2n) is 7.07. The Morgan fingerprint density at radius 3 is 2.43 bits per heavy atom. The standard InChI is InChI=1S/C19H22F3N3O3/c1-2-26-12-3-5-13(6-4-12)27-10-17-23-18(25(24-17)11-19(20,21)22)15-9-14-7-8-16(15)28-14/h3-6,14-16H,2,7-11H2,1H3/t14-,15-,16+/m0/s1. The molecule has 0 radical (unpaired) electrons. The van der Waals surface area contributed by atoms with Gasteiger partial charge in [-0.1, -0.05) is 0 Å². The quantitative estimate of drug-likeness (QED) is 0.710. The lowest BCUT2D eigenvalue weighted by Gasteiger charge is -2.18. The molecule has 2 aromatic rings. The maximum atomic E-state index is 13.0. The van der Waals surface area contributed by atoms with Gasteiger partial charge < -0.3 is 14.2 Å². The maximum absolute atomic E-state index is 13.0. The molecule has 2 saturated heterocycles. The summed E-state index contributed by atoms with van der Waals surface area (Å²) in [5.74, 6) is 1.72. The van der Waals surface area contributed by atoms with E-state index in [1.165, 1.54) is 0 Å². The molecule has 2 aliphatic rings. The van der Waals surface area contributed by atoms with Crippen molar-refractivity contribution >= 4 is 0 Å². The number of hydrogen-bond acceptors (Lipinski definition) is 5. The summed E-state index contributed by atoms with van der Waals surface area (Å²) in [6.45, 7) is 1.29. The summed E-state index contributed by atoms with van der Waals surface area (Å²) < 4.78 is 56.7. The SMILES string of the molecule is CCOc1ccc(OCc2nc([C@H]3C[C@@H]4CC[C@H]3O4)n(CC(F)(F)F)n2)cc1. The predicted octanol–water partition coefficient (Wildman–Crippen LogP) is 3.85. The summed E-state index contributed by atoms with van der Waals surface area (Å²) in [7, 11) is 0. The van der Waals surface area contributed by atoms with Crippen LogP contribution in [-0.2, 0) is 17.9 Å². The van der Waals surface area contributed by atoms with Gasteiger partial charge in [-0.25, -0.2) is 9.67 Å². The van der Waals surface area contributed by atoms with Gasteiger partial charge in [0.05, 0.1) is 18.8 Å². The topological polar surface area (TPSA) is 58.4 Å². The van der Waals surface area contributed by atoms with E-state index in [4.69, 9.17) is 14.2 Å². The molecule has 2 fully saturated rings. The van der Waals surface area contributed by atoms with Crippen LogP contribution >= 0.6 is 0 Å². The summed E-state index contributed by atoms with van der Waals surface area (Å²) in [5.41, 5.74) is 0. The molecule has 0 unspecified atom stereocenters. The van der Waals surface area contributed by atoms with Crippen molar-refractivity contribution < 1.29 is 27.4 Å². The number of benzene rings is 1. The van der Waals surface area contributed by atoms with Crippen LogP contribution in [0.1, 0.15) is 43.8 Å². The fourth-order valence-corrected chi connectivity index (χ4v) is 3.88. The molecule has 0 aliphatic carbocycles. The van der Waals surface area contributed by atoms with Crippen molar-refractivity contribution in [1.82, 2.24) is 14.8 Å². The van der Waals surface area contributed by atoms with Crippen LogP contribution in [0, 0.1) is 0 Å². The highest BCUT2D eigenvalue weighted by atomic mass is 19.4. The first kappa shape index (κ1) is 19.0. The van der Waals surface area contributed by atoms with Crippen molar-refractivity contribution in [2.75, 3.05) is 6.61 Å². The number of ether oxygens (including phenoxy) is 3. The van der Waals surface area contributed by atoms with Crippen LogP contribution in [0.2, 0.25) is 0 Å². The lowest BCUT2D eigenvalue weighted by molar-refractivity contribution is -0.143. The van der Waals surface area contributed by atoms with Crippen molar-refractivity contribution in [1.29, 1.82) is 0 Å². The smallest absolute Gasteiger partial charge is 0.408 e. The molecule has 1 aromatic carbocycles. The van der Waals surface area contributed by atoms with E-state index in [2.05, 4.69) is 10.1 Å². The Hall–Kier alpha value is -2.29. The minimum Gasteiger partial charge on any atom is -0.494 e. The van der Waals surface area contributed by atoms with Crippen LogP contribution in [-0.4, -0.2) is 39.8 Å². The Morgan fingerprint density at radius 1 is 1.14 bits per heavy atom. The van der Waals surface area contributed by atoms with Crippen molar-refractivity contribution in [2.45, 2.75) is 63.6 Å². The monoisotopic (exact) mass is 397 g/mol. The first-order valence-corrected chi connectivity index (χ1v) is 9.43. The molecule has 4 rings (SSSR count). The first-order valence-electron chi connectivity index (χ1n) is 9.43. The van der Waals surface area contributed by atoms with E-state index < -0.39 is 12.7 Å². The van der Waals surface area contributed by atoms with Crippen LogP contribution in [0.4, 0.5) is 13.2 Å². The fourth-order valence-electron chi connectivity index (χ4n) is 3.88. The van der Waals surface area contributed by atoms with E-state index in [0.29, 0.717) is 24.6 Å². The van der Waals surface area contributed by atoms with Crippen molar-refractivity contribution in [3.8, 4) is 11.5 Å². The number of nitrogens with zero attached hydrogens (tertiary/aromatic N) is 3. The van der Waals surface area contributed by atoms with Crippen LogP contribution in [0.25, 0.3) is 0 Å². The van der Waals surface area contributed by atoms with Gasteiger partial charge in [0.15, 0.2) is 5.82 Å². The Bertz CT molecular complexity index is 807. The average Bonchev–Trinajstić information content (AvgIpc) is 3.35. The molecule has 0 spiro atoms. The molecular weight excluding hydrogens is 375 g/mol. The Morgan fingerprint density at radius 2 is 1.86 bits per heavy atom. The molecule has 9 heteroatoms. The third-order valence-electron chi connectivity index (χ3n) is 5.01. The van der Waals surface area contributed by atoms with Crippen LogP contribution in [0.15, 0.2) is 24.3 Å². The second-order valence-corrected chi connectivity index (χ2v) is 7.07. The van der Waals surface area contributed by atoms with E-state index in [9.17, 15) is 13.2 Å². The van der Waals surface area contributed by atoms with Gasteiger partial charge in [0.25, 0.3) is 0 Å². The highest BCUT2D eigenvalue weighted by molar-refractivity contribution is 5.31. The van der Waals surface area contributed by atoms with Gasteiger partial charge in [0.2, 0.25) is 0 Å². The molecule has 3 atom stereocenters. The third kappa shape index (κ3) is 4.24. The zero-order valence-electron chi connectivity index (χ0n) is 15.5. The molecule has 0 N–H and O–H groups in total.